The summed E-state index contributed by atoms with van der Waals surface area (Å²) in [4.78, 5) is 62.0. The molecule has 7 N–H and O–H groups in total. The first-order valence-electron chi connectivity index (χ1n) is 27.1. The van der Waals surface area contributed by atoms with Crippen molar-refractivity contribution in [3.8, 4) is 0 Å². The fraction of sp³-hybridized carbons (Fsp3) is 0.736. The molecule has 0 spiro atoms. The summed E-state index contributed by atoms with van der Waals surface area (Å²) in [6.07, 6.45) is 33.6. The van der Waals surface area contributed by atoms with Gasteiger partial charge in [-0.3, -0.25) is 23.2 Å². The number of hydrogen-bond acceptors (Lipinski definition) is 16. The second-order valence-electron chi connectivity index (χ2n) is 19.4. The molecule has 0 saturated carbocycles. The van der Waals surface area contributed by atoms with Crippen LogP contribution in [0.3, 0.4) is 0 Å². The lowest BCUT2D eigenvalue weighted by Crippen LogP contribution is -2.36. The summed E-state index contributed by atoms with van der Waals surface area (Å²) in [6, 6.07) is 1.24. The van der Waals surface area contributed by atoms with E-state index >= 15 is 0 Å². The first-order valence-corrected chi connectivity index (χ1v) is 30.1. The second-order valence-corrected chi connectivity index (χ2v) is 22.5. The molecule has 0 amide bonds. The van der Waals surface area contributed by atoms with Gasteiger partial charge in [0.1, 0.15) is 30.7 Å². The summed E-state index contributed by atoms with van der Waals surface area (Å²) in [6.45, 7) is 4.33. The van der Waals surface area contributed by atoms with E-state index in [0.29, 0.717) is 25.7 Å². The molecule has 8 atom stereocenters. The Labute approximate surface area is 440 Å². The lowest BCUT2D eigenvalue weighted by Gasteiger charge is -2.21. The summed E-state index contributed by atoms with van der Waals surface area (Å²) in [5.74, 6) is -0.631. The largest absolute Gasteiger partial charge is 0.481 e. The van der Waals surface area contributed by atoms with Crippen molar-refractivity contribution < 1.29 is 71.4 Å². The fourth-order valence-corrected chi connectivity index (χ4v) is 10.0. The van der Waals surface area contributed by atoms with Crippen molar-refractivity contribution in [2.24, 2.45) is 5.92 Å². The maximum Gasteiger partial charge on any atom is 0.481 e. The molecule has 3 unspecified atom stereocenters. The third kappa shape index (κ3) is 33.0. The van der Waals surface area contributed by atoms with Crippen molar-refractivity contribution >= 4 is 33.4 Å². The number of carbonyl (C=O) groups excluding carboxylic acids is 2. The molecule has 1 fully saturated rings. The number of unbranched alkanes of at least 4 members (excludes halogenated alkanes) is 18. The summed E-state index contributed by atoms with van der Waals surface area (Å²) in [7, 11) is -10.9. The number of allylic oxidation sites excluding steroid dienone is 6. The van der Waals surface area contributed by atoms with Crippen LogP contribution in [0.25, 0.3) is 0 Å². The number of aliphatic hydroxyl groups excluding tert-OH is 3. The first kappa shape index (κ1) is 66.8. The average Bonchev–Trinajstić information content (AvgIpc) is 3.62. The van der Waals surface area contributed by atoms with Crippen molar-refractivity contribution in [3.05, 3.63) is 71.4 Å². The Balaban J connectivity index is 1.82. The molecule has 0 aromatic carbocycles. The minimum atomic E-state index is -5.46. The number of aliphatic hydroxyl groups is 3. The number of phosphoric acid groups is 2. The highest BCUT2D eigenvalue weighted by atomic mass is 31.3. The van der Waals surface area contributed by atoms with Crippen LogP contribution in [0, 0.1) is 5.92 Å². The van der Waals surface area contributed by atoms with Gasteiger partial charge < -0.3 is 45.1 Å². The molecule has 2 rings (SSSR count). The number of carbonyl (C=O) groups is 2. The number of nitrogens with two attached hydrogens (primary N) is 1. The lowest BCUT2D eigenvalue weighted by molar-refractivity contribution is -0.161. The van der Waals surface area contributed by atoms with E-state index in [4.69, 9.17) is 29.0 Å². The number of nitrogens with zero attached hydrogens (tertiary/aromatic N) is 2. The molecule has 1 aromatic rings. The number of anilines is 1. The standard InChI is InChI=1S/C53H91N3O16P2/c1-4-5-6-7-8-16-20-24-29-34-44(57)35-30-25-22-27-32-37-49(59)70-45(40-67-48(58)36-31-26-21-18-15-13-11-9-10-12-14-17-19-23-28-33-43(2)3)41-68-73(63,64)72-74(65,66)69-42-46-50(60)51(61)52(71-46)56-39-38-47(54)55-53(56)62/h8,16,22,24-25,29-30,35,38-39,43-46,50-52,57,60-61H,4-7,9-15,17-21,23,26-28,31-34,36-37,40-42H2,1-3H3,(H,63,64)(H,65,66)(H2,54,55,62)/b16-8-,25-22+,29-24-,35-30-/t44?,45-,46-,50-,51-,52-/m1/s1. The zero-order chi connectivity index (χ0) is 54.5. The van der Waals surface area contributed by atoms with E-state index in [1.165, 1.54) is 96.0 Å². The van der Waals surface area contributed by atoms with E-state index in [9.17, 15) is 48.6 Å². The van der Waals surface area contributed by atoms with Crippen molar-refractivity contribution in [2.45, 2.75) is 224 Å². The molecule has 0 bridgehead atoms. The van der Waals surface area contributed by atoms with E-state index < -0.39 is 89.8 Å². The van der Waals surface area contributed by atoms with Crippen molar-refractivity contribution in [1.82, 2.24) is 9.55 Å². The van der Waals surface area contributed by atoms with Gasteiger partial charge in [0.25, 0.3) is 0 Å². The summed E-state index contributed by atoms with van der Waals surface area (Å²) < 4.78 is 56.8. The number of esters is 2. The van der Waals surface area contributed by atoms with Crippen molar-refractivity contribution in [2.75, 3.05) is 25.6 Å². The molecule has 1 saturated heterocycles. The Morgan fingerprint density at radius 1 is 0.757 bits per heavy atom. The van der Waals surface area contributed by atoms with Crippen LogP contribution in [-0.4, -0.2) is 96.9 Å². The first-order chi connectivity index (χ1) is 35.4. The van der Waals surface area contributed by atoms with Gasteiger partial charge in [-0.25, -0.2) is 13.9 Å². The van der Waals surface area contributed by atoms with Crippen LogP contribution >= 0.6 is 15.6 Å². The van der Waals surface area contributed by atoms with Crippen LogP contribution in [0.4, 0.5) is 5.82 Å². The molecule has 424 valence electrons. The summed E-state index contributed by atoms with van der Waals surface area (Å²) >= 11 is 0. The average molecular weight is 1090 g/mol. The molecular formula is C53H91N3O16P2. The van der Waals surface area contributed by atoms with Gasteiger partial charge >= 0.3 is 33.3 Å². The third-order valence-corrected chi connectivity index (χ3v) is 14.8. The lowest BCUT2D eigenvalue weighted by atomic mass is 10.0. The Kier molecular flexibility index (Phi) is 36.1. The number of nitrogen functional groups attached to an aromatic ring is 1. The van der Waals surface area contributed by atoms with Gasteiger partial charge in [-0.1, -0.05) is 179 Å². The molecule has 2 heterocycles. The molecule has 0 radical (unpaired) electrons. The molecule has 1 aliphatic heterocycles. The Bertz CT molecular complexity index is 1960. The Hall–Kier alpha value is -3.32. The maximum atomic E-state index is 12.9. The molecule has 19 nitrogen and oxygen atoms in total. The van der Waals surface area contributed by atoms with E-state index in [2.05, 4.69) is 42.2 Å². The topological polar surface area (TPSA) is 286 Å². The quantitative estimate of drug-likeness (QED) is 0.0116. The third-order valence-electron chi connectivity index (χ3n) is 12.2. The van der Waals surface area contributed by atoms with Crippen molar-refractivity contribution in [1.29, 1.82) is 0 Å². The van der Waals surface area contributed by atoms with Crippen LogP contribution in [-0.2, 0) is 46.3 Å². The number of aromatic nitrogens is 2. The van der Waals surface area contributed by atoms with Gasteiger partial charge in [-0.2, -0.15) is 9.29 Å². The maximum absolute atomic E-state index is 12.9. The van der Waals surface area contributed by atoms with Gasteiger partial charge in [0, 0.05) is 19.0 Å². The van der Waals surface area contributed by atoms with E-state index in [-0.39, 0.29) is 18.7 Å². The number of rotatable bonds is 44. The summed E-state index contributed by atoms with van der Waals surface area (Å²) in [5.41, 5.74) is 4.58. The van der Waals surface area contributed by atoms with Crippen LogP contribution in [0.1, 0.15) is 194 Å². The second kappa shape index (κ2) is 40.0. The zero-order valence-corrected chi connectivity index (χ0v) is 46.2. The Morgan fingerprint density at radius 2 is 1.35 bits per heavy atom. The molecule has 21 heteroatoms. The summed E-state index contributed by atoms with van der Waals surface area (Å²) in [5, 5.41) is 31.1. The van der Waals surface area contributed by atoms with Gasteiger partial charge in [-0.15, -0.1) is 0 Å². The highest BCUT2D eigenvalue weighted by molar-refractivity contribution is 7.61. The van der Waals surface area contributed by atoms with Crippen molar-refractivity contribution in [3.63, 3.8) is 0 Å². The number of hydrogen-bond donors (Lipinski definition) is 6. The monoisotopic (exact) mass is 1090 g/mol. The molecule has 1 aliphatic rings. The number of phosphoric ester groups is 2. The molecule has 74 heavy (non-hydrogen) atoms. The predicted molar refractivity (Wildman–Crippen MR) is 285 cm³/mol. The van der Waals surface area contributed by atoms with Crippen LogP contribution in [0.15, 0.2) is 65.7 Å². The molecule has 0 aliphatic carbocycles. The van der Waals surface area contributed by atoms with Gasteiger partial charge in [0.2, 0.25) is 0 Å². The van der Waals surface area contributed by atoms with Gasteiger partial charge in [0.15, 0.2) is 12.3 Å². The zero-order valence-electron chi connectivity index (χ0n) is 44.4. The number of ether oxygens (including phenoxy) is 3. The van der Waals surface area contributed by atoms with Crippen LogP contribution < -0.4 is 11.4 Å². The normalized spacial score (nSPS) is 19.7. The van der Waals surface area contributed by atoms with Gasteiger partial charge in [0.05, 0.1) is 19.3 Å². The smallest absolute Gasteiger partial charge is 0.462 e. The minimum Gasteiger partial charge on any atom is -0.462 e. The van der Waals surface area contributed by atoms with Gasteiger partial charge in [-0.05, 0) is 56.9 Å². The molecular weight excluding hydrogens is 997 g/mol. The fourth-order valence-electron chi connectivity index (χ4n) is 7.92. The molecule has 1 aromatic heterocycles. The van der Waals surface area contributed by atoms with E-state index in [1.54, 1.807) is 18.2 Å². The van der Waals surface area contributed by atoms with E-state index in [0.717, 1.165) is 55.2 Å². The SMILES string of the molecule is CCCCC/C=C\C/C=C\CC(O)/C=C\C=C\CCCC(=O)O[C@H](COC(=O)CCCCCCCCCCCCCCCCCC(C)C)COP(=O)(O)OP(=O)(O)OC[C@H]1O[C@@H](n2ccc(N)nc2=O)[C@H](O)[C@@H]1O. The highest BCUT2D eigenvalue weighted by Crippen LogP contribution is 2.60. The minimum absolute atomic E-state index is 0.0845. The van der Waals surface area contributed by atoms with E-state index in [1.807, 2.05) is 18.2 Å². The predicted octanol–water partition coefficient (Wildman–Crippen LogP) is 10.6. The highest BCUT2D eigenvalue weighted by Gasteiger charge is 2.46. The van der Waals surface area contributed by atoms with Crippen LogP contribution in [0.5, 0.6) is 0 Å². The Morgan fingerprint density at radius 3 is 1.99 bits per heavy atom. The van der Waals surface area contributed by atoms with Crippen LogP contribution in [0.2, 0.25) is 0 Å².